The van der Waals surface area contributed by atoms with Crippen LogP contribution in [0.4, 0.5) is 5.95 Å². The van der Waals surface area contributed by atoms with Crippen LogP contribution in [0.5, 0.6) is 0 Å². The van der Waals surface area contributed by atoms with Crippen LogP contribution in [0.2, 0.25) is 0 Å². The summed E-state index contributed by atoms with van der Waals surface area (Å²) < 4.78 is 0. The second kappa shape index (κ2) is 7.54. The minimum atomic E-state index is 0.0338. The predicted molar refractivity (Wildman–Crippen MR) is 87.7 cm³/mol. The normalized spacial score (nSPS) is 10.3. The topological polar surface area (TPSA) is 58.1 Å². The van der Waals surface area contributed by atoms with Gasteiger partial charge in [0.2, 0.25) is 11.9 Å². The molecule has 1 N–H and O–H groups in total. The van der Waals surface area contributed by atoms with E-state index in [2.05, 4.69) is 15.3 Å². The number of carbonyl (C=O) groups is 1. The lowest BCUT2D eigenvalue weighted by molar-refractivity contribution is -0.121. The number of hydrogen-bond donors (Lipinski definition) is 1. The summed E-state index contributed by atoms with van der Waals surface area (Å²) in [6.07, 6.45) is 1.23. The molecule has 0 spiro atoms. The number of nitrogens with one attached hydrogen (secondary N) is 1. The molecule has 0 saturated carbocycles. The second-order valence-corrected chi connectivity index (χ2v) is 5.46. The van der Waals surface area contributed by atoms with E-state index in [1.54, 1.807) is 0 Å². The zero-order valence-corrected chi connectivity index (χ0v) is 13.3. The summed E-state index contributed by atoms with van der Waals surface area (Å²) in [5, 5.41) is 2.91. The van der Waals surface area contributed by atoms with Crippen molar-refractivity contribution in [2.45, 2.75) is 26.3 Å². The molecule has 0 atom stereocenters. The lowest BCUT2D eigenvalue weighted by Gasteiger charge is -2.12. The molecule has 0 unspecified atom stereocenters. The fourth-order valence-corrected chi connectivity index (χ4v) is 2.09. The van der Waals surface area contributed by atoms with Crippen LogP contribution in [0.15, 0.2) is 36.4 Å². The number of nitrogens with zero attached hydrogens (tertiary/aromatic N) is 3. The molecule has 0 fully saturated rings. The van der Waals surface area contributed by atoms with Gasteiger partial charge in [-0.1, -0.05) is 30.3 Å². The summed E-state index contributed by atoms with van der Waals surface area (Å²) in [5.74, 6) is 0.694. The van der Waals surface area contributed by atoms with Crippen LogP contribution in [-0.2, 0) is 17.8 Å². The van der Waals surface area contributed by atoms with E-state index in [9.17, 15) is 4.79 Å². The Bertz CT molecular complexity index is 626. The van der Waals surface area contributed by atoms with E-state index in [0.717, 1.165) is 17.8 Å². The standard InChI is InChI=1S/C17H22N4O/c1-13-11-15(20-17(19-13)21(2)3)12-18-16(22)10-9-14-7-5-4-6-8-14/h4-8,11H,9-10,12H2,1-3H3,(H,18,22). The van der Waals surface area contributed by atoms with Crippen LogP contribution in [-0.4, -0.2) is 30.0 Å². The maximum absolute atomic E-state index is 11.9. The summed E-state index contributed by atoms with van der Waals surface area (Å²) in [4.78, 5) is 22.5. The summed E-state index contributed by atoms with van der Waals surface area (Å²) in [6, 6.07) is 11.9. The molecule has 1 amide bonds. The van der Waals surface area contributed by atoms with E-state index in [-0.39, 0.29) is 5.91 Å². The minimum absolute atomic E-state index is 0.0338. The number of hydrogen-bond acceptors (Lipinski definition) is 4. The van der Waals surface area contributed by atoms with Crippen molar-refractivity contribution in [2.24, 2.45) is 0 Å². The van der Waals surface area contributed by atoms with Gasteiger partial charge in [-0.3, -0.25) is 4.79 Å². The van der Waals surface area contributed by atoms with Crippen LogP contribution < -0.4 is 10.2 Å². The first-order valence-corrected chi connectivity index (χ1v) is 7.37. The number of carbonyl (C=O) groups excluding carboxylic acids is 1. The van der Waals surface area contributed by atoms with Crippen LogP contribution in [0.1, 0.15) is 23.4 Å². The number of rotatable bonds is 6. The van der Waals surface area contributed by atoms with Gasteiger partial charge < -0.3 is 10.2 Å². The minimum Gasteiger partial charge on any atom is -0.350 e. The zero-order chi connectivity index (χ0) is 15.9. The van der Waals surface area contributed by atoms with E-state index < -0.39 is 0 Å². The van der Waals surface area contributed by atoms with Gasteiger partial charge in [-0.2, -0.15) is 0 Å². The number of amides is 1. The van der Waals surface area contributed by atoms with Crippen LogP contribution in [0.3, 0.4) is 0 Å². The second-order valence-electron chi connectivity index (χ2n) is 5.46. The third-order valence-corrected chi connectivity index (χ3v) is 3.25. The summed E-state index contributed by atoms with van der Waals surface area (Å²) >= 11 is 0. The monoisotopic (exact) mass is 298 g/mol. The summed E-state index contributed by atoms with van der Waals surface area (Å²) in [7, 11) is 3.80. The average Bonchev–Trinajstić information content (AvgIpc) is 2.51. The number of anilines is 1. The van der Waals surface area contributed by atoms with Crippen LogP contribution in [0, 0.1) is 6.92 Å². The van der Waals surface area contributed by atoms with Gasteiger partial charge in [0.05, 0.1) is 12.2 Å². The van der Waals surface area contributed by atoms with Gasteiger partial charge in [0, 0.05) is 26.2 Å². The molecule has 5 nitrogen and oxygen atoms in total. The summed E-state index contributed by atoms with van der Waals surface area (Å²) in [5.41, 5.74) is 2.89. The number of aromatic nitrogens is 2. The molecule has 5 heteroatoms. The molecule has 0 aliphatic carbocycles. The van der Waals surface area contributed by atoms with Crippen molar-refractivity contribution in [3.05, 3.63) is 53.3 Å². The van der Waals surface area contributed by atoms with Gasteiger partial charge in [0.1, 0.15) is 0 Å². The molecule has 2 rings (SSSR count). The van der Waals surface area contributed by atoms with Crippen molar-refractivity contribution in [2.75, 3.05) is 19.0 Å². The molecule has 1 heterocycles. The first-order chi connectivity index (χ1) is 10.5. The molecule has 2 aromatic rings. The number of aryl methyl sites for hydroxylation is 2. The highest BCUT2D eigenvalue weighted by atomic mass is 16.1. The van der Waals surface area contributed by atoms with E-state index in [1.165, 1.54) is 5.56 Å². The van der Waals surface area contributed by atoms with Gasteiger partial charge >= 0.3 is 0 Å². The molecule has 1 aromatic heterocycles. The van der Waals surface area contributed by atoms with Gasteiger partial charge in [-0.25, -0.2) is 9.97 Å². The molecule has 22 heavy (non-hydrogen) atoms. The quantitative estimate of drug-likeness (QED) is 0.887. The Morgan fingerprint density at radius 3 is 2.59 bits per heavy atom. The SMILES string of the molecule is Cc1cc(CNC(=O)CCc2ccccc2)nc(N(C)C)n1. The maximum Gasteiger partial charge on any atom is 0.225 e. The van der Waals surface area contributed by atoms with Crippen molar-refractivity contribution in [1.82, 2.24) is 15.3 Å². The zero-order valence-electron chi connectivity index (χ0n) is 13.3. The van der Waals surface area contributed by atoms with E-state index in [0.29, 0.717) is 18.9 Å². The number of benzene rings is 1. The lowest BCUT2D eigenvalue weighted by Crippen LogP contribution is -2.24. The molecule has 0 aliphatic heterocycles. The molecule has 0 bridgehead atoms. The average molecular weight is 298 g/mol. The fourth-order valence-electron chi connectivity index (χ4n) is 2.09. The van der Waals surface area contributed by atoms with E-state index in [4.69, 9.17) is 0 Å². The van der Waals surface area contributed by atoms with Gasteiger partial charge in [-0.15, -0.1) is 0 Å². The van der Waals surface area contributed by atoms with Gasteiger partial charge in [0.25, 0.3) is 0 Å². The highest BCUT2D eigenvalue weighted by Gasteiger charge is 2.06. The highest BCUT2D eigenvalue weighted by molar-refractivity contribution is 5.76. The van der Waals surface area contributed by atoms with Crippen molar-refractivity contribution < 1.29 is 4.79 Å². The highest BCUT2D eigenvalue weighted by Crippen LogP contribution is 2.07. The Labute approximate surface area is 131 Å². The fraction of sp³-hybridized carbons (Fsp3) is 0.353. The Morgan fingerprint density at radius 1 is 1.18 bits per heavy atom. The van der Waals surface area contributed by atoms with Gasteiger partial charge in [0.15, 0.2) is 0 Å². The maximum atomic E-state index is 11.9. The molecule has 116 valence electrons. The van der Waals surface area contributed by atoms with Crippen LogP contribution >= 0.6 is 0 Å². The Kier molecular flexibility index (Phi) is 5.47. The van der Waals surface area contributed by atoms with Crippen molar-refractivity contribution in [3.8, 4) is 0 Å². The van der Waals surface area contributed by atoms with E-state index in [1.807, 2.05) is 62.3 Å². The molecular formula is C17H22N4O. The molecule has 0 saturated heterocycles. The Morgan fingerprint density at radius 2 is 1.91 bits per heavy atom. The van der Waals surface area contributed by atoms with Crippen molar-refractivity contribution in [1.29, 1.82) is 0 Å². The third kappa shape index (κ3) is 4.84. The van der Waals surface area contributed by atoms with Gasteiger partial charge in [-0.05, 0) is 25.0 Å². The Hall–Kier alpha value is -2.43. The molecule has 1 aromatic carbocycles. The lowest BCUT2D eigenvalue weighted by atomic mass is 10.1. The smallest absolute Gasteiger partial charge is 0.225 e. The Balaban J connectivity index is 1.86. The molecule has 0 aliphatic rings. The van der Waals surface area contributed by atoms with Crippen molar-refractivity contribution in [3.63, 3.8) is 0 Å². The predicted octanol–water partition coefficient (Wildman–Crippen LogP) is 2.10. The van der Waals surface area contributed by atoms with Crippen LogP contribution in [0.25, 0.3) is 0 Å². The molecular weight excluding hydrogens is 276 g/mol. The largest absolute Gasteiger partial charge is 0.350 e. The summed E-state index contributed by atoms with van der Waals surface area (Å²) in [6.45, 7) is 2.35. The van der Waals surface area contributed by atoms with E-state index >= 15 is 0 Å². The molecule has 0 radical (unpaired) electrons. The third-order valence-electron chi connectivity index (χ3n) is 3.25. The first-order valence-electron chi connectivity index (χ1n) is 7.37. The first kappa shape index (κ1) is 15.9. The van der Waals surface area contributed by atoms with Crippen molar-refractivity contribution >= 4 is 11.9 Å².